The van der Waals surface area contributed by atoms with Gasteiger partial charge in [-0.2, -0.15) is 4.98 Å². The number of nitrogens with zero attached hydrogens (tertiary/aromatic N) is 5. The predicted octanol–water partition coefficient (Wildman–Crippen LogP) is 7.91. The molecule has 4 amide bonds. The van der Waals surface area contributed by atoms with Gasteiger partial charge >= 0.3 is 0 Å². The summed E-state index contributed by atoms with van der Waals surface area (Å²) in [7, 11) is 3.21. The Labute approximate surface area is 368 Å². The number of anilines is 5. The van der Waals surface area contributed by atoms with E-state index in [4.69, 9.17) is 9.72 Å². The van der Waals surface area contributed by atoms with Crippen molar-refractivity contribution in [3.63, 3.8) is 0 Å². The summed E-state index contributed by atoms with van der Waals surface area (Å²) in [5.41, 5.74) is 4.83. The van der Waals surface area contributed by atoms with E-state index < -0.39 is 0 Å². The first kappa shape index (κ1) is 46.5. The Morgan fingerprint density at radius 2 is 1.79 bits per heavy atom. The first-order chi connectivity index (χ1) is 29.2. The maximum absolute atomic E-state index is 13.1. The van der Waals surface area contributed by atoms with Crippen molar-refractivity contribution < 1.29 is 23.9 Å². The molecule has 1 aliphatic rings. The molecule has 1 aliphatic heterocycles. The van der Waals surface area contributed by atoms with Gasteiger partial charge in [0.2, 0.25) is 18.3 Å². The van der Waals surface area contributed by atoms with Gasteiger partial charge in [-0.25, -0.2) is 4.98 Å². The Morgan fingerprint density at radius 1 is 1.03 bits per heavy atom. The summed E-state index contributed by atoms with van der Waals surface area (Å²) in [6.45, 7) is 14.2. The Kier molecular flexibility index (Phi) is 16.6. The molecule has 2 heterocycles. The van der Waals surface area contributed by atoms with Crippen molar-refractivity contribution in [2.45, 2.75) is 85.9 Å². The standard InChI is InChI=1S/C46H60BrN9O5/c1-8-12-31(2)56-28-36-35(44(56)60)13-9-14-37(36)51-41(58)15-10-22-48-23-11-24-49-43(59)33-18-21-38(40(25-33)61-7)52-45-50-26-39(54(6)30-57)42(53-45)55(29-46(3,4)5)27-32-16-19-34(47)20-17-32/h9,13-14,16-21,25-26,30-31,48H,8,10-12,15,22-24,27-29H2,1-7H3,(H,49,59)(H,51,58)(H,50,52,53). The zero-order valence-corrected chi connectivity index (χ0v) is 38.0. The number of ether oxygens (including phenoxy) is 1. The summed E-state index contributed by atoms with van der Waals surface area (Å²) in [6, 6.07) is 18.9. The van der Waals surface area contributed by atoms with Crippen LogP contribution in [0.5, 0.6) is 5.75 Å². The first-order valence-corrected chi connectivity index (χ1v) is 21.7. The monoisotopic (exact) mass is 897 g/mol. The molecule has 326 valence electrons. The second-order valence-electron chi connectivity index (χ2n) is 16.6. The summed E-state index contributed by atoms with van der Waals surface area (Å²) >= 11 is 3.52. The van der Waals surface area contributed by atoms with Crippen LogP contribution in [0.4, 0.5) is 28.8 Å². The quantitative estimate of drug-likeness (QED) is 0.0451. The van der Waals surface area contributed by atoms with Gasteiger partial charge < -0.3 is 40.7 Å². The number of nitrogens with one attached hydrogen (secondary N) is 4. The number of benzene rings is 3. The number of hydrogen-bond acceptors (Lipinski definition) is 10. The number of carbonyl (C=O) groups is 4. The van der Waals surface area contributed by atoms with E-state index in [1.54, 1.807) is 31.4 Å². The SMILES string of the molecule is CCCC(C)N1Cc2c(NC(=O)CCCNCCCNC(=O)c3ccc(Nc4ncc(N(C)C=O)c(N(Cc5ccc(Br)cc5)CC(C)(C)C)n4)c(OC)c3)cccc2C1=O. The first-order valence-electron chi connectivity index (χ1n) is 20.9. The van der Waals surface area contributed by atoms with Crippen molar-refractivity contribution >= 4 is 68.9 Å². The maximum Gasteiger partial charge on any atom is 0.254 e. The van der Waals surface area contributed by atoms with E-state index in [1.165, 1.54) is 12.0 Å². The van der Waals surface area contributed by atoms with E-state index in [0.29, 0.717) is 104 Å². The van der Waals surface area contributed by atoms with Crippen LogP contribution in [0.2, 0.25) is 0 Å². The molecule has 15 heteroatoms. The molecule has 0 fully saturated rings. The zero-order valence-electron chi connectivity index (χ0n) is 36.4. The summed E-state index contributed by atoms with van der Waals surface area (Å²) in [6.07, 6.45) is 6.01. The number of fused-ring (bicyclic) bond motifs is 1. The van der Waals surface area contributed by atoms with Gasteiger partial charge in [0.05, 0.1) is 19.0 Å². The van der Waals surface area contributed by atoms with Crippen molar-refractivity contribution in [3.05, 3.63) is 93.6 Å². The molecule has 1 atom stereocenters. The lowest BCUT2D eigenvalue weighted by atomic mass is 9.95. The highest BCUT2D eigenvalue weighted by Gasteiger charge is 2.32. The van der Waals surface area contributed by atoms with Crippen molar-refractivity contribution in [2.24, 2.45) is 5.41 Å². The van der Waals surface area contributed by atoms with E-state index in [2.05, 4.69) is 93.8 Å². The van der Waals surface area contributed by atoms with Gasteiger partial charge in [0.25, 0.3) is 11.8 Å². The third-order valence-corrected chi connectivity index (χ3v) is 10.9. The highest BCUT2D eigenvalue weighted by atomic mass is 79.9. The molecule has 61 heavy (non-hydrogen) atoms. The van der Waals surface area contributed by atoms with Crippen LogP contribution in [0.1, 0.15) is 98.6 Å². The summed E-state index contributed by atoms with van der Waals surface area (Å²) in [5.74, 6) is 1.04. The Morgan fingerprint density at radius 3 is 2.49 bits per heavy atom. The lowest BCUT2D eigenvalue weighted by Gasteiger charge is -2.33. The highest BCUT2D eigenvalue weighted by molar-refractivity contribution is 9.10. The van der Waals surface area contributed by atoms with Gasteiger partial charge in [-0.1, -0.05) is 68.2 Å². The van der Waals surface area contributed by atoms with Crippen molar-refractivity contribution in [3.8, 4) is 5.75 Å². The second-order valence-corrected chi connectivity index (χ2v) is 17.5. The molecule has 0 radical (unpaired) electrons. The van der Waals surface area contributed by atoms with Gasteiger partial charge in [-0.3, -0.25) is 19.2 Å². The van der Waals surface area contributed by atoms with Crippen LogP contribution in [0, 0.1) is 5.41 Å². The average Bonchev–Trinajstić information content (AvgIpc) is 3.58. The molecular formula is C46H60BrN9O5. The third-order valence-electron chi connectivity index (χ3n) is 10.3. The van der Waals surface area contributed by atoms with E-state index >= 15 is 0 Å². The fraction of sp³-hybridized carbons (Fsp3) is 0.435. The van der Waals surface area contributed by atoms with Crippen LogP contribution in [-0.4, -0.2) is 85.4 Å². The van der Waals surface area contributed by atoms with Crippen molar-refractivity contribution in [1.29, 1.82) is 0 Å². The predicted molar refractivity (Wildman–Crippen MR) is 246 cm³/mol. The molecule has 1 unspecified atom stereocenters. The topological polar surface area (TPSA) is 161 Å². The smallest absolute Gasteiger partial charge is 0.254 e. The Balaban J connectivity index is 1.10. The number of aromatic nitrogens is 2. The van der Waals surface area contributed by atoms with Gasteiger partial charge in [0.1, 0.15) is 11.4 Å². The van der Waals surface area contributed by atoms with E-state index in [1.807, 2.05) is 35.2 Å². The largest absolute Gasteiger partial charge is 0.495 e. The number of amides is 4. The molecule has 0 aliphatic carbocycles. The molecule has 0 bridgehead atoms. The minimum Gasteiger partial charge on any atom is -0.495 e. The fourth-order valence-electron chi connectivity index (χ4n) is 7.24. The molecule has 0 saturated heterocycles. The number of methoxy groups -OCH3 is 1. The van der Waals surface area contributed by atoms with E-state index in [9.17, 15) is 19.2 Å². The summed E-state index contributed by atoms with van der Waals surface area (Å²) in [4.78, 5) is 65.7. The third kappa shape index (κ3) is 13.0. The normalized spacial score (nSPS) is 12.7. The lowest BCUT2D eigenvalue weighted by molar-refractivity contribution is -0.116. The van der Waals surface area contributed by atoms with Crippen LogP contribution in [-0.2, 0) is 22.7 Å². The molecule has 0 saturated carbocycles. The molecular weight excluding hydrogens is 838 g/mol. The van der Waals surface area contributed by atoms with E-state index in [0.717, 1.165) is 34.9 Å². The molecule has 5 rings (SSSR count). The molecule has 4 aromatic rings. The maximum atomic E-state index is 13.1. The summed E-state index contributed by atoms with van der Waals surface area (Å²) < 4.78 is 6.66. The van der Waals surface area contributed by atoms with Gasteiger partial charge in [-0.05, 0) is 92.7 Å². The van der Waals surface area contributed by atoms with Gasteiger partial charge in [0, 0.05) is 72.5 Å². The second kappa shape index (κ2) is 21.8. The Hall–Kier alpha value is -5.54. The number of rotatable bonds is 22. The molecule has 3 aromatic carbocycles. The van der Waals surface area contributed by atoms with Crippen LogP contribution in [0.15, 0.2) is 71.3 Å². The number of hydrogen-bond donors (Lipinski definition) is 4. The van der Waals surface area contributed by atoms with Crippen LogP contribution < -0.4 is 35.8 Å². The molecule has 1 aromatic heterocycles. The Bertz CT molecular complexity index is 2140. The van der Waals surface area contributed by atoms with Crippen LogP contribution >= 0.6 is 15.9 Å². The average molecular weight is 899 g/mol. The van der Waals surface area contributed by atoms with Crippen LogP contribution in [0.3, 0.4) is 0 Å². The van der Waals surface area contributed by atoms with E-state index in [-0.39, 0.29) is 29.2 Å². The van der Waals surface area contributed by atoms with Gasteiger partial charge in [-0.15, -0.1) is 0 Å². The summed E-state index contributed by atoms with van der Waals surface area (Å²) in [5, 5.41) is 12.6. The molecule has 0 spiro atoms. The zero-order chi connectivity index (χ0) is 44.1. The van der Waals surface area contributed by atoms with Crippen molar-refractivity contribution in [1.82, 2.24) is 25.5 Å². The number of carbonyl (C=O) groups excluding carboxylic acids is 4. The van der Waals surface area contributed by atoms with Crippen LogP contribution in [0.25, 0.3) is 0 Å². The highest BCUT2D eigenvalue weighted by Crippen LogP contribution is 2.34. The molecule has 14 nitrogen and oxygen atoms in total. The van der Waals surface area contributed by atoms with Crippen molar-refractivity contribution in [2.75, 3.05) is 60.8 Å². The van der Waals surface area contributed by atoms with Gasteiger partial charge in [0.15, 0.2) is 5.82 Å². The molecule has 4 N–H and O–H groups in total. The number of halogens is 1. The minimum atomic E-state index is -0.232. The lowest BCUT2D eigenvalue weighted by Crippen LogP contribution is -2.34. The fourth-order valence-corrected chi connectivity index (χ4v) is 7.50. The minimum absolute atomic E-state index is 0.0273.